The van der Waals surface area contributed by atoms with Crippen LogP contribution in [0, 0.1) is 5.92 Å². The molecule has 0 atom stereocenters. The normalized spacial score (nSPS) is 10.6. The van der Waals surface area contributed by atoms with Crippen molar-refractivity contribution in [3.05, 3.63) is 6.20 Å². The Bertz CT molecular complexity index is 372. The first-order valence-corrected chi connectivity index (χ1v) is 5.78. The summed E-state index contributed by atoms with van der Waals surface area (Å²) in [6.07, 6.45) is 2.14. The van der Waals surface area contributed by atoms with Gasteiger partial charge in [-0.2, -0.15) is 5.10 Å². The zero-order valence-electron chi connectivity index (χ0n) is 10.7. The number of nitrogens with two attached hydrogens (primary N) is 1. The highest BCUT2D eigenvalue weighted by atomic mass is 16.1. The van der Waals surface area contributed by atoms with Gasteiger partial charge in [-0.3, -0.25) is 9.48 Å². The minimum absolute atomic E-state index is 0.0423. The van der Waals surface area contributed by atoms with Crippen LogP contribution in [0.3, 0.4) is 0 Å². The van der Waals surface area contributed by atoms with E-state index in [9.17, 15) is 4.79 Å². The molecule has 4 N–H and O–H groups in total. The molecular formula is C11H21N5O. The predicted molar refractivity (Wildman–Crippen MR) is 68.6 cm³/mol. The average Bonchev–Trinajstić information content (AvgIpc) is 2.55. The Labute approximate surface area is 102 Å². The fourth-order valence-electron chi connectivity index (χ4n) is 1.34. The molecular weight excluding hydrogens is 218 g/mol. The van der Waals surface area contributed by atoms with Crippen molar-refractivity contribution in [2.45, 2.75) is 20.3 Å². The van der Waals surface area contributed by atoms with Crippen molar-refractivity contribution in [1.29, 1.82) is 0 Å². The van der Waals surface area contributed by atoms with E-state index in [1.807, 2.05) is 0 Å². The Kier molecular flexibility index (Phi) is 4.81. The number of aryl methyl sites for hydroxylation is 1. The first kappa shape index (κ1) is 13.3. The third kappa shape index (κ3) is 4.76. The molecule has 0 spiro atoms. The van der Waals surface area contributed by atoms with Gasteiger partial charge in [-0.15, -0.1) is 0 Å². The Morgan fingerprint density at radius 1 is 1.59 bits per heavy atom. The Morgan fingerprint density at radius 3 is 2.82 bits per heavy atom. The second-order valence-corrected chi connectivity index (χ2v) is 4.48. The van der Waals surface area contributed by atoms with Crippen LogP contribution in [0.2, 0.25) is 0 Å². The molecule has 0 aliphatic carbocycles. The van der Waals surface area contributed by atoms with Crippen molar-refractivity contribution in [2.24, 2.45) is 13.0 Å². The largest absolute Gasteiger partial charge is 0.394 e. The summed E-state index contributed by atoms with van der Waals surface area (Å²) in [6.45, 7) is 5.37. The third-order valence-electron chi connectivity index (χ3n) is 2.21. The van der Waals surface area contributed by atoms with Crippen molar-refractivity contribution in [3.63, 3.8) is 0 Å². The van der Waals surface area contributed by atoms with Gasteiger partial charge in [0.25, 0.3) is 0 Å². The average molecular weight is 239 g/mol. The van der Waals surface area contributed by atoms with Crippen LogP contribution in [0.4, 0.5) is 11.5 Å². The van der Waals surface area contributed by atoms with Crippen LogP contribution in [-0.4, -0.2) is 28.8 Å². The predicted octanol–water partition coefficient (Wildman–Crippen LogP) is 0.577. The Morgan fingerprint density at radius 2 is 2.29 bits per heavy atom. The summed E-state index contributed by atoms with van der Waals surface area (Å²) in [5.41, 5.74) is 6.30. The van der Waals surface area contributed by atoms with Crippen LogP contribution in [0.1, 0.15) is 20.3 Å². The molecule has 1 rings (SSSR count). The molecule has 1 amide bonds. The maximum absolute atomic E-state index is 11.4. The second kappa shape index (κ2) is 6.12. The lowest BCUT2D eigenvalue weighted by Gasteiger charge is -2.08. The van der Waals surface area contributed by atoms with E-state index in [0.29, 0.717) is 36.9 Å². The lowest BCUT2D eigenvalue weighted by atomic mass is 10.2. The lowest BCUT2D eigenvalue weighted by molar-refractivity contribution is -0.120. The Hall–Kier alpha value is -1.72. The van der Waals surface area contributed by atoms with E-state index in [0.717, 1.165) is 0 Å². The van der Waals surface area contributed by atoms with E-state index in [4.69, 9.17) is 5.73 Å². The number of carbonyl (C=O) groups is 1. The van der Waals surface area contributed by atoms with Gasteiger partial charge in [-0.25, -0.2) is 0 Å². The molecule has 1 heterocycles. The first-order chi connectivity index (χ1) is 7.99. The topological polar surface area (TPSA) is 85.0 Å². The maximum Gasteiger partial charge on any atom is 0.221 e. The molecule has 1 aromatic heterocycles. The van der Waals surface area contributed by atoms with Gasteiger partial charge in [-0.1, -0.05) is 13.8 Å². The highest BCUT2D eigenvalue weighted by Crippen LogP contribution is 2.13. The van der Waals surface area contributed by atoms with Gasteiger partial charge in [0.05, 0.1) is 5.69 Å². The minimum atomic E-state index is 0.0423. The summed E-state index contributed by atoms with van der Waals surface area (Å²) in [5, 5.41) is 10.0. The molecule has 0 saturated heterocycles. The van der Waals surface area contributed by atoms with Crippen molar-refractivity contribution >= 4 is 17.4 Å². The van der Waals surface area contributed by atoms with Crippen LogP contribution < -0.4 is 16.4 Å². The monoisotopic (exact) mass is 239 g/mol. The molecule has 0 aliphatic rings. The molecule has 96 valence electrons. The van der Waals surface area contributed by atoms with E-state index >= 15 is 0 Å². The van der Waals surface area contributed by atoms with Crippen molar-refractivity contribution in [3.8, 4) is 0 Å². The number of aromatic nitrogens is 2. The highest BCUT2D eigenvalue weighted by Gasteiger charge is 2.05. The maximum atomic E-state index is 11.4. The number of rotatable bonds is 6. The quantitative estimate of drug-likeness (QED) is 0.678. The molecule has 6 nitrogen and oxygen atoms in total. The molecule has 0 aromatic carbocycles. The van der Waals surface area contributed by atoms with Gasteiger partial charge in [0, 0.05) is 32.8 Å². The van der Waals surface area contributed by atoms with Crippen molar-refractivity contribution in [2.75, 3.05) is 24.1 Å². The summed E-state index contributed by atoms with van der Waals surface area (Å²) in [4.78, 5) is 11.4. The second-order valence-electron chi connectivity index (χ2n) is 4.48. The number of hydrogen-bond donors (Lipinski definition) is 3. The van der Waals surface area contributed by atoms with Crippen molar-refractivity contribution < 1.29 is 4.79 Å². The van der Waals surface area contributed by atoms with Crippen LogP contribution in [0.15, 0.2) is 6.20 Å². The van der Waals surface area contributed by atoms with E-state index in [1.165, 1.54) is 0 Å². The van der Waals surface area contributed by atoms with Crippen LogP contribution >= 0.6 is 0 Å². The minimum Gasteiger partial charge on any atom is -0.394 e. The standard InChI is InChI=1S/C11H21N5O/c1-8(2)6-14-10(17)4-5-13-11-9(12)7-16(3)15-11/h7-8H,4-6,12H2,1-3H3,(H,13,15)(H,14,17). The number of nitrogens with zero attached hydrogens (tertiary/aromatic N) is 2. The fraction of sp³-hybridized carbons (Fsp3) is 0.636. The number of amides is 1. The van der Waals surface area contributed by atoms with E-state index in [2.05, 4.69) is 29.6 Å². The van der Waals surface area contributed by atoms with Gasteiger partial charge in [0.15, 0.2) is 5.82 Å². The first-order valence-electron chi connectivity index (χ1n) is 5.78. The van der Waals surface area contributed by atoms with Gasteiger partial charge in [0.1, 0.15) is 0 Å². The Balaban J connectivity index is 2.23. The number of nitrogens with one attached hydrogen (secondary N) is 2. The SMILES string of the molecule is CC(C)CNC(=O)CCNc1nn(C)cc1N. The summed E-state index contributed by atoms with van der Waals surface area (Å²) >= 11 is 0. The molecule has 0 unspecified atom stereocenters. The van der Waals surface area contributed by atoms with Gasteiger partial charge < -0.3 is 16.4 Å². The molecule has 0 aliphatic heterocycles. The molecule has 0 bridgehead atoms. The van der Waals surface area contributed by atoms with Gasteiger partial charge in [-0.05, 0) is 5.92 Å². The number of nitrogen functional groups attached to an aromatic ring is 1. The molecule has 0 radical (unpaired) electrons. The number of carbonyl (C=O) groups excluding carboxylic acids is 1. The summed E-state index contributed by atoms with van der Waals surface area (Å²) in [7, 11) is 1.80. The van der Waals surface area contributed by atoms with E-state index in [-0.39, 0.29) is 5.91 Å². The molecule has 1 aromatic rings. The molecule has 17 heavy (non-hydrogen) atoms. The molecule has 0 fully saturated rings. The summed E-state index contributed by atoms with van der Waals surface area (Å²) < 4.78 is 1.64. The zero-order chi connectivity index (χ0) is 12.8. The third-order valence-corrected chi connectivity index (χ3v) is 2.21. The summed E-state index contributed by atoms with van der Waals surface area (Å²) in [5.74, 6) is 1.14. The van der Waals surface area contributed by atoms with Crippen LogP contribution in [0.25, 0.3) is 0 Å². The zero-order valence-corrected chi connectivity index (χ0v) is 10.7. The smallest absolute Gasteiger partial charge is 0.221 e. The lowest BCUT2D eigenvalue weighted by Crippen LogP contribution is -2.28. The van der Waals surface area contributed by atoms with Gasteiger partial charge >= 0.3 is 0 Å². The van der Waals surface area contributed by atoms with E-state index < -0.39 is 0 Å². The molecule has 0 saturated carbocycles. The highest BCUT2D eigenvalue weighted by molar-refractivity contribution is 5.76. The van der Waals surface area contributed by atoms with Crippen LogP contribution in [0.5, 0.6) is 0 Å². The van der Waals surface area contributed by atoms with E-state index in [1.54, 1.807) is 17.9 Å². The van der Waals surface area contributed by atoms with Crippen molar-refractivity contribution in [1.82, 2.24) is 15.1 Å². The summed E-state index contributed by atoms with van der Waals surface area (Å²) in [6, 6.07) is 0. The van der Waals surface area contributed by atoms with Crippen LogP contribution in [-0.2, 0) is 11.8 Å². The fourth-order valence-corrected chi connectivity index (χ4v) is 1.34. The molecule has 6 heteroatoms. The van der Waals surface area contributed by atoms with Gasteiger partial charge in [0.2, 0.25) is 5.91 Å². The number of anilines is 2. The number of hydrogen-bond acceptors (Lipinski definition) is 4.